The van der Waals surface area contributed by atoms with E-state index in [0.717, 1.165) is 10.8 Å². The molecule has 3 aromatic heterocycles. The Hall–Kier alpha value is -2.50. The molecule has 0 amide bonds. The maximum atomic E-state index is 13.8. The van der Waals surface area contributed by atoms with Gasteiger partial charge in [-0.1, -0.05) is 35.3 Å². The number of anilines is 3. The minimum Gasteiger partial charge on any atom is -0.383 e. The molecular weight excluding hydrogens is 668 g/mol. The number of imidazole rings is 1. The summed E-state index contributed by atoms with van der Waals surface area (Å²) in [6, 6.07) is 0. The number of thiol groups is 1. The van der Waals surface area contributed by atoms with Gasteiger partial charge >= 0.3 is 6.80 Å². The number of fused-ring (bicyclic) bond motifs is 3. The van der Waals surface area contributed by atoms with Gasteiger partial charge in [0.15, 0.2) is 23.9 Å². The minimum atomic E-state index is -4.04. The molecule has 4 aliphatic heterocycles. The summed E-state index contributed by atoms with van der Waals surface area (Å²) in [5, 5.41) is 0. The van der Waals surface area contributed by atoms with E-state index in [4.69, 9.17) is 49.5 Å². The molecule has 4 bridgehead atoms. The molecule has 0 unspecified atom stereocenters. The standard InChI is InChI=1S/C24H29N9O8P2S2/c1-4-32(20-12(2)18(25)27-9-29-20)23-16-17-24(39-23,7-35-16)8-37-43(34,44)41-14-5-13(6-36-42(40-17)45-3)38-22(14)33-11-31-15-19(26)28-10-30-21(15)33/h3-4,9-11,13-14,16-17,22-23H,1,5-8H2,2H3,(H,34,44)(H2,25,27,29)(H2,26,28,30)/t13-,14+,16+,17-,22+,23+,24+,42+,43+/m0/s1. The van der Waals surface area contributed by atoms with E-state index < -0.39 is 56.8 Å². The largest absolute Gasteiger partial charge is 0.386 e. The highest BCUT2D eigenvalue weighted by Gasteiger charge is 2.65. The molecular formula is C24H29N9O8P2S2. The predicted molar refractivity (Wildman–Crippen MR) is 167 cm³/mol. The van der Waals surface area contributed by atoms with Crippen LogP contribution in [0.4, 0.5) is 17.5 Å². The first-order chi connectivity index (χ1) is 21.6. The molecule has 4 aliphatic rings. The predicted octanol–water partition coefficient (Wildman–Crippen LogP) is 2.92. The number of nitrogens with two attached hydrogens (primary N) is 2. The van der Waals surface area contributed by atoms with Gasteiger partial charge in [0.1, 0.15) is 53.7 Å². The second-order valence-electron chi connectivity index (χ2n) is 10.7. The van der Waals surface area contributed by atoms with Crippen molar-refractivity contribution in [3.8, 4) is 5.69 Å². The number of hydrogen-bond acceptors (Lipinski definition) is 16. The molecule has 3 aromatic rings. The molecule has 0 spiro atoms. The van der Waals surface area contributed by atoms with Crippen molar-refractivity contribution < 1.29 is 36.9 Å². The molecule has 9 atom stereocenters. The van der Waals surface area contributed by atoms with Crippen molar-refractivity contribution >= 4 is 66.0 Å². The van der Waals surface area contributed by atoms with Gasteiger partial charge < -0.3 is 39.6 Å². The summed E-state index contributed by atoms with van der Waals surface area (Å²) in [4.78, 5) is 22.7. The topological polar surface area (TPSA) is 206 Å². The average Bonchev–Trinajstić information content (AvgIpc) is 3.77. The molecule has 240 valence electrons. The van der Waals surface area contributed by atoms with Crippen LogP contribution >= 0.6 is 37.4 Å². The first-order valence-corrected chi connectivity index (χ1v) is 19.0. The second-order valence-corrected chi connectivity index (χ2v) is 16.2. The Kier molecular flexibility index (Phi) is 8.26. The smallest absolute Gasteiger partial charge is 0.383 e. The summed E-state index contributed by atoms with van der Waals surface area (Å²) >= 11 is 4.32. The summed E-state index contributed by atoms with van der Waals surface area (Å²) in [6.45, 7) is 1.56. The summed E-state index contributed by atoms with van der Waals surface area (Å²) in [5.74, 6) is 0.975. The molecule has 21 heteroatoms. The molecule has 0 aliphatic carbocycles. The fourth-order valence-electron chi connectivity index (χ4n) is 5.83. The van der Waals surface area contributed by atoms with Crippen molar-refractivity contribution in [2.75, 3.05) is 36.2 Å². The van der Waals surface area contributed by atoms with E-state index in [2.05, 4.69) is 43.7 Å². The highest BCUT2D eigenvalue weighted by Crippen LogP contribution is 2.60. The Balaban J connectivity index is 1.19. The number of nitrogens with zero attached hydrogens (tertiary/aromatic N) is 7. The lowest BCUT2D eigenvalue weighted by Gasteiger charge is -2.36. The molecule has 7 rings (SSSR count). The maximum Gasteiger partial charge on any atom is 0.386 e. The Morgan fingerprint density at radius 3 is 2.84 bits per heavy atom. The van der Waals surface area contributed by atoms with Gasteiger partial charge in [-0.05, 0) is 6.92 Å². The second kappa shape index (κ2) is 11.9. The Morgan fingerprint density at radius 2 is 2.04 bits per heavy atom. The number of nitrogen functional groups attached to an aromatic ring is 2. The summed E-state index contributed by atoms with van der Waals surface area (Å²) < 4.78 is 59.0. The Morgan fingerprint density at radius 1 is 1.24 bits per heavy atom. The lowest BCUT2D eigenvalue weighted by Crippen LogP contribution is -2.48. The van der Waals surface area contributed by atoms with Crippen LogP contribution in [0.1, 0.15) is 18.2 Å². The molecule has 17 nitrogen and oxygen atoms in total. The van der Waals surface area contributed by atoms with Crippen LogP contribution < -0.4 is 16.4 Å². The highest BCUT2D eigenvalue weighted by molar-refractivity contribution is 8.46. The van der Waals surface area contributed by atoms with Crippen molar-refractivity contribution in [3.63, 3.8) is 0 Å². The molecule has 0 aromatic carbocycles. The molecule has 0 radical (unpaired) electrons. The van der Waals surface area contributed by atoms with Crippen LogP contribution in [0, 0.1) is 12.6 Å². The van der Waals surface area contributed by atoms with E-state index in [1.165, 1.54) is 19.0 Å². The van der Waals surface area contributed by atoms with Gasteiger partial charge in [0.2, 0.25) is 0 Å². The van der Waals surface area contributed by atoms with Crippen molar-refractivity contribution in [2.24, 2.45) is 0 Å². The number of rotatable bonds is 4. The van der Waals surface area contributed by atoms with Crippen molar-refractivity contribution in [2.45, 2.75) is 55.8 Å². The Labute approximate surface area is 266 Å². The zero-order valence-corrected chi connectivity index (χ0v) is 27.2. The van der Waals surface area contributed by atoms with Gasteiger partial charge in [-0.25, -0.2) is 29.5 Å². The highest BCUT2D eigenvalue weighted by atomic mass is 32.7. The van der Waals surface area contributed by atoms with Crippen LogP contribution in [0.5, 0.6) is 0 Å². The molecule has 4 N–H and O–H groups in total. The van der Waals surface area contributed by atoms with Crippen molar-refractivity contribution in [3.05, 3.63) is 37.3 Å². The first-order valence-electron chi connectivity index (χ1n) is 13.6. The normalized spacial score (nSPS) is 36.5. The van der Waals surface area contributed by atoms with Crippen LogP contribution in [-0.2, 0) is 36.9 Å². The quantitative estimate of drug-likeness (QED) is 0.265. The first kappa shape index (κ1) is 31.1. The maximum absolute atomic E-state index is 13.8. The molecule has 45 heavy (non-hydrogen) atoms. The third kappa shape index (κ3) is 5.50. The average molecular weight is 698 g/mol. The summed E-state index contributed by atoms with van der Waals surface area (Å²) in [7, 11) is -0.818. The van der Waals surface area contributed by atoms with E-state index in [1.807, 2.05) is 0 Å². The van der Waals surface area contributed by atoms with E-state index in [1.54, 1.807) is 22.6 Å². The van der Waals surface area contributed by atoms with Crippen LogP contribution in [-0.4, -0.2) is 85.6 Å². The van der Waals surface area contributed by atoms with Crippen LogP contribution in [0.25, 0.3) is 11.2 Å². The van der Waals surface area contributed by atoms with E-state index in [-0.39, 0.29) is 32.1 Å². The zero-order valence-electron chi connectivity index (χ0n) is 23.7. The SMILES string of the molecule is C#S[P@]1OC[C@@H]2C[C@@H](O[P@](=O)(S)OC[C@@]34CO[C@@H]([C@H](N(C=C)c5ncnc(N)c5C)O3)[C@@H]4O1)[C@H](n1cnc3c(N)ncnc31)O2. The van der Waals surface area contributed by atoms with Gasteiger partial charge in [0.25, 0.3) is 7.58 Å². The van der Waals surface area contributed by atoms with E-state index in [0.29, 0.717) is 28.4 Å². The van der Waals surface area contributed by atoms with E-state index >= 15 is 0 Å². The Bertz CT molecular complexity index is 1730. The lowest BCUT2D eigenvalue weighted by atomic mass is 10.0. The van der Waals surface area contributed by atoms with Gasteiger partial charge in [-0.15, -0.1) is 0 Å². The molecule has 7 heterocycles. The van der Waals surface area contributed by atoms with Gasteiger partial charge in [-0.3, -0.25) is 13.6 Å². The third-order valence-corrected chi connectivity index (χ3v) is 11.6. The zero-order chi connectivity index (χ0) is 31.5. The minimum absolute atomic E-state index is 0.0564. The molecule has 4 fully saturated rings. The van der Waals surface area contributed by atoms with Crippen molar-refractivity contribution in [1.29, 1.82) is 0 Å². The third-order valence-electron chi connectivity index (χ3n) is 7.98. The summed E-state index contributed by atoms with van der Waals surface area (Å²) in [6.07, 6.45) is 1.67. The molecule has 4 saturated heterocycles. The van der Waals surface area contributed by atoms with Crippen LogP contribution in [0.2, 0.25) is 0 Å². The number of aromatic nitrogens is 6. The van der Waals surface area contributed by atoms with Crippen LogP contribution in [0.15, 0.2) is 31.8 Å². The van der Waals surface area contributed by atoms with Gasteiger partial charge in [0, 0.05) is 18.2 Å². The monoisotopic (exact) mass is 697 g/mol. The van der Waals surface area contributed by atoms with E-state index in [9.17, 15) is 4.57 Å². The van der Waals surface area contributed by atoms with Gasteiger partial charge in [-0.2, -0.15) is 0 Å². The number of ether oxygens (including phenoxy) is 3. The number of hydrogen-bond donors (Lipinski definition) is 3. The lowest BCUT2D eigenvalue weighted by molar-refractivity contribution is -0.155. The summed E-state index contributed by atoms with van der Waals surface area (Å²) in [5.41, 5.74) is 18.2. The van der Waals surface area contributed by atoms with Crippen LogP contribution in [0.3, 0.4) is 0 Å². The fraction of sp³-hybridized carbons (Fsp3) is 0.500. The van der Waals surface area contributed by atoms with Gasteiger partial charge in [0.05, 0.1) is 32.3 Å². The molecule has 0 saturated carbocycles. The van der Waals surface area contributed by atoms with Crippen molar-refractivity contribution in [1.82, 2.24) is 29.5 Å². The fourth-order valence-corrected chi connectivity index (χ4v) is 9.10.